The molecule has 3 amide bonds. The molecule has 2 N–H and O–H groups in total. The molecule has 0 unspecified atom stereocenters. The lowest BCUT2D eigenvalue weighted by Crippen LogP contribution is -2.57. The van der Waals surface area contributed by atoms with Crippen LogP contribution in [0.4, 0.5) is 15.8 Å². The fraction of sp³-hybridized carbons (Fsp3) is 0.519. The Kier molecular flexibility index (Phi) is 8.62. The van der Waals surface area contributed by atoms with Crippen molar-refractivity contribution in [2.24, 2.45) is 5.92 Å². The fourth-order valence-corrected chi connectivity index (χ4v) is 6.04. The summed E-state index contributed by atoms with van der Waals surface area (Å²) >= 11 is 7.17. The number of rotatable bonds is 10. The standard InChI is InChI=1S/C27H32ClFN4O4S/c28-24-10-9-23(38-24)27(36)30-14-22(33(18-5-2-6-18)15-17-3-1-4-17)26(35)31-21-8-7-19(13-20(21)29)32-11-12-37-16-25(32)34/h7-10,13,17-18,22H,1-6,11-12,14-16H2,(H,30,36)(H,31,35)/t22-/m0/s1. The summed E-state index contributed by atoms with van der Waals surface area (Å²) < 4.78 is 20.8. The third-order valence-electron chi connectivity index (χ3n) is 7.70. The average molecular weight is 563 g/mol. The summed E-state index contributed by atoms with van der Waals surface area (Å²) in [5.74, 6) is -0.986. The van der Waals surface area contributed by atoms with Gasteiger partial charge >= 0.3 is 0 Å². The Hall–Kier alpha value is -2.53. The molecule has 3 aliphatic rings. The molecular weight excluding hydrogens is 531 g/mol. The molecule has 2 saturated carbocycles. The summed E-state index contributed by atoms with van der Waals surface area (Å²) in [7, 11) is 0. The molecule has 204 valence electrons. The molecule has 2 aromatic rings. The van der Waals surface area contributed by atoms with Crippen molar-refractivity contribution in [3.05, 3.63) is 45.4 Å². The lowest BCUT2D eigenvalue weighted by molar-refractivity contribution is -0.126. The number of nitrogens with one attached hydrogen (secondary N) is 2. The zero-order valence-corrected chi connectivity index (χ0v) is 22.7. The number of hydrogen-bond donors (Lipinski definition) is 2. The first-order valence-electron chi connectivity index (χ1n) is 13.2. The Labute approximate surface area is 230 Å². The second-order valence-electron chi connectivity index (χ2n) is 10.2. The van der Waals surface area contributed by atoms with Gasteiger partial charge in [-0.15, -0.1) is 11.3 Å². The Morgan fingerprint density at radius 3 is 2.58 bits per heavy atom. The van der Waals surface area contributed by atoms with Crippen molar-refractivity contribution in [1.82, 2.24) is 10.2 Å². The molecule has 1 atom stereocenters. The van der Waals surface area contributed by atoms with Crippen LogP contribution in [0.2, 0.25) is 4.34 Å². The Bertz CT molecular complexity index is 1190. The van der Waals surface area contributed by atoms with E-state index in [0.29, 0.717) is 34.0 Å². The Balaban J connectivity index is 1.33. The van der Waals surface area contributed by atoms with Crippen molar-refractivity contribution in [3.63, 3.8) is 0 Å². The van der Waals surface area contributed by atoms with Gasteiger partial charge in [-0.2, -0.15) is 0 Å². The quantitative estimate of drug-likeness (QED) is 0.451. The van der Waals surface area contributed by atoms with Crippen molar-refractivity contribution in [2.75, 3.05) is 43.1 Å². The predicted octanol–water partition coefficient (Wildman–Crippen LogP) is 4.30. The smallest absolute Gasteiger partial charge is 0.261 e. The number of ether oxygens (including phenoxy) is 1. The van der Waals surface area contributed by atoms with Crippen LogP contribution in [0, 0.1) is 11.7 Å². The summed E-state index contributed by atoms with van der Waals surface area (Å²) in [6.07, 6.45) is 6.57. The van der Waals surface area contributed by atoms with Gasteiger partial charge in [0.1, 0.15) is 18.5 Å². The number of carbonyl (C=O) groups excluding carboxylic acids is 3. The van der Waals surface area contributed by atoms with Gasteiger partial charge in [-0.3, -0.25) is 19.3 Å². The molecule has 1 saturated heterocycles. The molecule has 1 aliphatic heterocycles. The van der Waals surface area contributed by atoms with Gasteiger partial charge in [0.05, 0.1) is 21.5 Å². The first-order valence-corrected chi connectivity index (χ1v) is 14.4. The van der Waals surface area contributed by atoms with Gasteiger partial charge in [-0.05, 0) is 61.9 Å². The molecule has 2 heterocycles. The van der Waals surface area contributed by atoms with Crippen molar-refractivity contribution < 1.29 is 23.5 Å². The van der Waals surface area contributed by atoms with E-state index in [1.54, 1.807) is 18.2 Å². The largest absolute Gasteiger partial charge is 0.370 e. The number of morpholine rings is 1. The van der Waals surface area contributed by atoms with E-state index in [1.807, 2.05) is 0 Å². The maximum Gasteiger partial charge on any atom is 0.261 e. The molecule has 38 heavy (non-hydrogen) atoms. The van der Waals surface area contributed by atoms with Crippen LogP contribution < -0.4 is 15.5 Å². The highest BCUT2D eigenvalue weighted by Gasteiger charge is 2.37. The van der Waals surface area contributed by atoms with Crippen LogP contribution in [0.5, 0.6) is 0 Å². The van der Waals surface area contributed by atoms with Gasteiger partial charge in [-0.25, -0.2) is 4.39 Å². The molecule has 1 aromatic heterocycles. The van der Waals surface area contributed by atoms with E-state index in [1.165, 1.54) is 34.8 Å². The summed E-state index contributed by atoms with van der Waals surface area (Å²) in [5, 5.41) is 5.66. The first kappa shape index (κ1) is 27.1. The van der Waals surface area contributed by atoms with E-state index in [4.69, 9.17) is 16.3 Å². The second-order valence-corrected chi connectivity index (χ2v) is 11.9. The van der Waals surface area contributed by atoms with Crippen LogP contribution in [0.15, 0.2) is 30.3 Å². The summed E-state index contributed by atoms with van der Waals surface area (Å²) in [5.41, 5.74) is 0.464. The number of thiophene rings is 1. The second kappa shape index (κ2) is 12.1. The minimum atomic E-state index is -0.653. The predicted molar refractivity (Wildman–Crippen MR) is 145 cm³/mol. The highest BCUT2D eigenvalue weighted by atomic mass is 35.5. The summed E-state index contributed by atoms with van der Waals surface area (Å²) in [6, 6.07) is 7.30. The number of anilines is 2. The fourth-order valence-electron chi connectivity index (χ4n) is 5.08. The van der Waals surface area contributed by atoms with Crippen molar-refractivity contribution in [2.45, 2.75) is 50.6 Å². The molecule has 0 radical (unpaired) electrons. The lowest BCUT2D eigenvalue weighted by Gasteiger charge is -2.45. The third-order valence-corrected chi connectivity index (χ3v) is 8.93. The molecule has 0 bridgehead atoms. The number of nitrogens with zero attached hydrogens (tertiary/aromatic N) is 2. The van der Waals surface area contributed by atoms with Gasteiger partial charge < -0.3 is 20.3 Å². The van der Waals surface area contributed by atoms with E-state index >= 15 is 4.39 Å². The van der Waals surface area contributed by atoms with E-state index in [2.05, 4.69) is 15.5 Å². The van der Waals surface area contributed by atoms with Crippen LogP contribution >= 0.6 is 22.9 Å². The van der Waals surface area contributed by atoms with E-state index in [9.17, 15) is 14.4 Å². The maximum absolute atomic E-state index is 15.1. The average Bonchev–Trinajstić information content (AvgIpc) is 3.28. The molecule has 8 nitrogen and oxygen atoms in total. The minimum absolute atomic E-state index is 0.0385. The summed E-state index contributed by atoms with van der Waals surface area (Å²) in [4.78, 5) is 42.7. The highest BCUT2D eigenvalue weighted by Crippen LogP contribution is 2.33. The zero-order valence-electron chi connectivity index (χ0n) is 21.1. The Morgan fingerprint density at radius 1 is 1.18 bits per heavy atom. The topological polar surface area (TPSA) is 91.0 Å². The van der Waals surface area contributed by atoms with Gasteiger partial charge in [0.15, 0.2) is 0 Å². The monoisotopic (exact) mass is 562 g/mol. The molecule has 11 heteroatoms. The van der Waals surface area contributed by atoms with Crippen molar-refractivity contribution in [3.8, 4) is 0 Å². The Morgan fingerprint density at radius 2 is 1.97 bits per heavy atom. The number of hydrogen-bond acceptors (Lipinski definition) is 6. The molecule has 2 aliphatic carbocycles. The van der Waals surface area contributed by atoms with Crippen molar-refractivity contribution in [1.29, 1.82) is 0 Å². The van der Waals surface area contributed by atoms with E-state index < -0.39 is 11.9 Å². The van der Waals surface area contributed by atoms with Gasteiger partial charge in [0.25, 0.3) is 11.8 Å². The molecule has 3 fully saturated rings. The first-order chi connectivity index (χ1) is 18.4. The number of halogens is 2. The third kappa shape index (κ3) is 6.20. The minimum Gasteiger partial charge on any atom is -0.370 e. The van der Waals surface area contributed by atoms with E-state index in [0.717, 1.165) is 38.6 Å². The van der Waals surface area contributed by atoms with Crippen LogP contribution in [0.1, 0.15) is 48.2 Å². The zero-order chi connectivity index (χ0) is 26.6. The van der Waals surface area contributed by atoms with Crippen LogP contribution in [0.3, 0.4) is 0 Å². The number of benzene rings is 1. The van der Waals surface area contributed by atoms with Gasteiger partial charge in [0.2, 0.25) is 5.91 Å². The molecule has 1 aromatic carbocycles. The highest BCUT2D eigenvalue weighted by molar-refractivity contribution is 7.18. The maximum atomic E-state index is 15.1. The SMILES string of the molecule is O=C(NC[C@@H](C(=O)Nc1ccc(N2CCOCC2=O)cc1F)N(CC1CCC1)C1CCC1)c1ccc(Cl)s1. The molecule has 5 rings (SSSR count). The van der Waals surface area contributed by atoms with Crippen LogP contribution in [-0.2, 0) is 14.3 Å². The van der Waals surface area contributed by atoms with E-state index in [-0.39, 0.29) is 42.6 Å². The molecule has 0 spiro atoms. The van der Waals surface area contributed by atoms with Crippen LogP contribution in [-0.4, -0.2) is 67.6 Å². The van der Waals surface area contributed by atoms with Crippen LogP contribution in [0.25, 0.3) is 0 Å². The van der Waals surface area contributed by atoms with Gasteiger partial charge in [-0.1, -0.05) is 24.4 Å². The molecular formula is C27H32ClFN4O4S. The number of carbonyl (C=O) groups is 3. The number of amides is 3. The lowest BCUT2D eigenvalue weighted by atomic mass is 9.82. The van der Waals surface area contributed by atoms with Crippen molar-refractivity contribution >= 4 is 52.0 Å². The summed E-state index contributed by atoms with van der Waals surface area (Å²) in [6.45, 7) is 1.58. The normalized spacial score (nSPS) is 19.1. The van der Waals surface area contributed by atoms with Gasteiger partial charge in [0, 0.05) is 31.4 Å².